The van der Waals surface area contributed by atoms with Crippen LogP contribution in [0.25, 0.3) is 0 Å². The molecule has 0 saturated heterocycles. The highest BCUT2D eigenvalue weighted by Crippen LogP contribution is 2.27. The van der Waals surface area contributed by atoms with Crippen LogP contribution in [0.15, 0.2) is 48.5 Å². The van der Waals surface area contributed by atoms with E-state index in [2.05, 4.69) is 11.4 Å². The minimum atomic E-state index is -0.418. The summed E-state index contributed by atoms with van der Waals surface area (Å²) in [5, 5.41) is 13.8. The Balaban J connectivity index is 1.48. The van der Waals surface area contributed by atoms with Crippen LogP contribution in [0, 0.1) is 10.1 Å². The van der Waals surface area contributed by atoms with Crippen LogP contribution in [0.1, 0.15) is 24.8 Å². The van der Waals surface area contributed by atoms with Crippen LogP contribution in [-0.2, 0) is 11.2 Å². The number of hydrogen-bond acceptors (Lipinski definition) is 4. The Morgan fingerprint density at radius 3 is 2.68 bits per heavy atom. The number of benzene rings is 2. The molecule has 0 spiro atoms. The number of non-ortho nitro benzene ring substituents is 1. The Kier molecular flexibility index (Phi) is 5.28. The van der Waals surface area contributed by atoms with Crippen LogP contribution in [-0.4, -0.2) is 23.9 Å². The fourth-order valence-electron chi connectivity index (χ4n) is 3.10. The van der Waals surface area contributed by atoms with E-state index in [1.807, 2.05) is 23.1 Å². The van der Waals surface area contributed by atoms with Gasteiger partial charge in [0.15, 0.2) is 0 Å². The van der Waals surface area contributed by atoms with Gasteiger partial charge in [-0.15, -0.1) is 0 Å². The predicted octanol–water partition coefficient (Wildman–Crippen LogP) is 3.77. The number of carbonyl (C=O) groups excluding carboxylic acids is 1. The number of hydrogen-bond donors (Lipinski definition) is 1. The van der Waals surface area contributed by atoms with Crippen LogP contribution in [0.3, 0.4) is 0 Å². The lowest BCUT2D eigenvalue weighted by Gasteiger charge is -2.29. The van der Waals surface area contributed by atoms with Gasteiger partial charge in [-0.1, -0.05) is 18.2 Å². The monoisotopic (exact) mass is 339 g/mol. The zero-order valence-corrected chi connectivity index (χ0v) is 14.0. The fourth-order valence-corrected chi connectivity index (χ4v) is 3.10. The molecule has 3 rings (SSSR count). The Hall–Kier alpha value is -2.89. The molecule has 0 bridgehead atoms. The summed E-state index contributed by atoms with van der Waals surface area (Å²) in [6.07, 6.45) is 3.23. The van der Waals surface area contributed by atoms with E-state index in [-0.39, 0.29) is 11.6 Å². The molecule has 25 heavy (non-hydrogen) atoms. The van der Waals surface area contributed by atoms with Crippen LogP contribution >= 0.6 is 0 Å². The Bertz CT molecular complexity index is 759. The van der Waals surface area contributed by atoms with Crippen LogP contribution in [0.2, 0.25) is 0 Å². The molecule has 0 radical (unpaired) electrons. The maximum Gasteiger partial charge on any atom is 0.269 e. The molecule has 1 aliphatic heterocycles. The number of anilines is 2. The van der Waals surface area contributed by atoms with Crippen LogP contribution < -0.4 is 10.2 Å². The molecule has 1 aliphatic rings. The zero-order chi connectivity index (χ0) is 17.6. The highest BCUT2D eigenvalue weighted by Gasteiger charge is 2.21. The lowest BCUT2D eigenvalue weighted by molar-refractivity contribution is -0.384. The number of amides is 1. The van der Waals surface area contributed by atoms with Crippen molar-refractivity contribution in [3.8, 4) is 0 Å². The third-order valence-corrected chi connectivity index (χ3v) is 4.39. The van der Waals surface area contributed by atoms with E-state index in [1.54, 1.807) is 12.1 Å². The SMILES string of the molecule is O=C(CCCNc1ccc([N+](=O)[O-])cc1)N1CCCc2ccccc21. The first-order valence-electron chi connectivity index (χ1n) is 8.52. The molecule has 1 heterocycles. The average Bonchev–Trinajstić information content (AvgIpc) is 2.65. The van der Waals surface area contributed by atoms with E-state index in [4.69, 9.17) is 0 Å². The van der Waals surface area contributed by atoms with E-state index in [1.165, 1.54) is 17.7 Å². The smallest absolute Gasteiger partial charge is 0.269 e. The standard InChI is InChI=1S/C19H21N3O3/c23-19(21-14-4-6-15-5-1-2-7-18(15)21)8-3-13-20-16-9-11-17(12-10-16)22(24)25/h1-2,5,7,9-12,20H,3-4,6,8,13-14H2. The third-order valence-electron chi connectivity index (χ3n) is 4.39. The number of fused-ring (bicyclic) bond motifs is 1. The number of nitrogens with zero attached hydrogens (tertiary/aromatic N) is 2. The summed E-state index contributed by atoms with van der Waals surface area (Å²) < 4.78 is 0. The zero-order valence-electron chi connectivity index (χ0n) is 14.0. The van der Waals surface area contributed by atoms with Crippen molar-refractivity contribution in [3.63, 3.8) is 0 Å². The van der Waals surface area contributed by atoms with Crippen molar-refractivity contribution in [1.82, 2.24) is 0 Å². The van der Waals surface area contributed by atoms with Crippen molar-refractivity contribution < 1.29 is 9.72 Å². The second-order valence-electron chi connectivity index (χ2n) is 6.11. The lowest BCUT2D eigenvalue weighted by atomic mass is 10.0. The highest BCUT2D eigenvalue weighted by atomic mass is 16.6. The van der Waals surface area contributed by atoms with Crippen molar-refractivity contribution in [2.24, 2.45) is 0 Å². The number of nitro benzene ring substituents is 1. The molecule has 0 saturated carbocycles. The second-order valence-corrected chi connectivity index (χ2v) is 6.11. The molecule has 1 N–H and O–H groups in total. The molecule has 0 unspecified atom stereocenters. The Morgan fingerprint density at radius 2 is 1.92 bits per heavy atom. The van der Waals surface area contributed by atoms with Gasteiger partial charge in [0.25, 0.3) is 5.69 Å². The van der Waals surface area contributed by atoms with E-state index >= 15 is 0 Å². The largest absolute Gasteiger partial charge is 0.385 e. The van der Waals surface area contributed by atoms with Crippen molar-refractivity contribution >= 4 is 23.0 Å². The van der Waals surface area contributed by atoms with Crippen LogP contribution in [0.4, 0.5) is 17.1 Å². The summed E-state index contributed by atoms with van der Waals surface area (Å²) in [6.45, 7) is 1.44. The van der Waals surface area contributed by atoms with Crippen molar-refractivity contribution in [3.05, 3.63) is 64.2 Å². The van der Waals surface area contributed by atoms with Gasteiger partial charge in [0, 0.05) is 43.0 Å². The summed E-state index contributed by atoms with van der Waals surface area (Å²) in [6, 6.07) is 14.4. The summed E-state index contributed by atoms with van der Waals surface area (Å²) in [4.78, 5) is 24.6. The number of para-hydroxylation sites is 1. The number of rotatable bonds is 6. The van der Waals surface area contributed by atoms with Gasteiger partial charge in [0.2, 0.25) is 5.91 Å². The first-order valence-corrected chi connectivity index (χ1v) is 8.52. The summed E-state index contributed by atoms with van der Waals surface area (Å²) in [7, 11) is 0. The molecular formula is C19H21N3O3. The quantitative estimate of drug-likeness (QED) is 0.494. The molecule has 0 fully saturated rings. The first-order chi connectivity index (χ1) is 12.1. The van der Waals surface area contributed by atoms with Gasteiger partial charge in [-0.05, 0) is 43.0 Å². The molecule has 1 amide bonds. The summed E-state index contributed by atoms with van der Waals surface area (Å²) >= 11 is 0. The van der Waals surface area contributed by atoms with Gasteiger partial charge >= 0.3 is 0 Å². The van der Waals surface area contributed by atoms with E-state index in [0.29, 0.717) is 19.4 Å². The molecule has 6 nitrogen and oxygen atoms in total. The number of aryl methyl sites for hydroxylation is 1. The third kappa shape index (κ3) is 4.15. The Labute approximate surface area is 146 Å². The molecule has 2 aromatic rings. The van der Waals surface area contributed by atoms with Gasteiger partial charge in [-0.2, -0.15) is 0 Å². The maximum atomic E-state index is 12.5. The summed E-state index contributed by atoms with van der Waals surface area (Å²) in [5.41, 5.74) is 3.18. The van der Waals surface area contributed by atoms with E-state index in [0.717, 1.165) is 30.8 Å². The fraction of sp³-hybridized carbons (Fsp3) is 0.316. The second kappa shape index (κ2) is 7.79. The molecule has 0 atom stereocenters. The maximum absolute atomic E-state index is 12.5. The van der Waals surface area contributed by atoms with Gasteiger partial charge in [0.05, 0.1) is 4.92 Å². The molecule has 2 aromatic carbocycles. The molecule has 6 heteroatoms. The van der Waals surface area contributed by atoms with Crippen LogP contribution in [0.5, 0.6) is 0 Å². The van der Waals surface area contributed by atoms with Gasteiger partial charge in [-0.25, -0.2) is 0 Å². The first kappa shape index (κ1) is 17.0. The minimum Gasteiger partial charge on any atom is -0.385 e. The number of nitro groups is 1. The van der Waals surface area contributed by atoms with Gasteiger partial charge in [0.1, 0.15) is 0 Å². The highest BCUT2D eigenvalue weighted by molar-refractivity contribution is 5.94. The van der Waals surface area contributed by atoms with Gasteiger partial charge in [-0.3, -0.25) is 14.9 Å². The average molecular weight is 339 g/mol. The topological polar surface area (TPSA) is 75.5 Å². The lowest BCUT2D eigenvalue weighted by Crippen LogP contribution is -2.35. The minimum absolute atomic E-state index is 0.0736. The van der Waals surface area contributed by atoms with Crippen molar-refractivity contribution in [2.45, 2.75) is 25.7 Å². The van der Waals surface area contributed by atoms with Crippen molar-refractivity contribution in [1.29, 1.82) is 0 Å². The predicted molar refractivity (Wildman–Crippen MR) is 97.9 cm³/mol. The Morgan fingerprint density at radius 1 is 1.16 bits per heavy atom. The molecular weight excluding hydrogens is 318 g/mol. The van der Waals surface area contributed by atoms with E-state index < -0.39 is 4.92 Å². The molecule has 0 aliphatic carbocycles. The van der Waals surface area contributed by atoms with Gasteiger partial charge < -0.3 is 10.2 Å². The number of carbonyl (C=O) groups is 1. The summed E-state index contributed by atoms with van der Waals surface area (Å²) in [5.74, 6) is 0.151. The van der Waals surface area contributed by atoms with Crippen molar-refractivity contribution in [2.75, 3.05) is 23.3 Å². The molecule has 0 aromatic heterocycles. The normalized spacial score (nSPS) is 13.2. The molecule has 130 valence electrons. The van der Waals surface area contributed by atoms with E-state index in [9.17, 15) is 14.9 Å². The number of nitrogens with one attached hydrogen (secondary N) is 1.